The third kappa shape index (κ3) is 4.32. The summed E-state index contributed by atoms with van der Waals surface area (Å²) in [5.41, 5.74) is 0.280. The van der Waals surface area contributed by atoms with Crippen LogP contribution in [0, 0.1) is 11.6 Å². The molecule has 2 aromatic rings. The molecule has 0 spiro atoms. The van der Waals surface area contributed by atoms with Crippen molar-refractivity contribution in [3.63, 3.8) is 0 Å². The maximum atomic E-state index is 13.5. The minimum atomic E-state index is -0.446. The summed E-state index contributed by atoms with van der Waals surface area (Å²) >= 11 is 6.99. The average molecular weight is 313 g/mol. The topological polar surface area (TPSA) is 17.1 Å². The molecule has 0 fully saturated rings. The second kappa shape index (κ2) is 6.86. The van der Waals surface area contributed by atoms with Crippen molar-refractivity contribution in [1.82, 2.24) is 0 Å². The molecular weight excluding hydrogens is 302 g/mol. The van der Waals surface area contributed by atoms with Crippen LogP contribution in [0.1, 0.15) is 5.56 Å². The third-order valence-electron chi connectivity index (χ3n) is 2.59. The van der Waals surface area contributed by atoms with Gasteiger partial charge in [-0.2, -0.15) is 0 Å². The van der Waals surface area contributed by atoms with Crippen molar-refractivity contribution < 1.29 is 13.6 Å². The predicted molar refractivity (Wildman–Crippen MR) is 77.2 cm³/mol. The van der Waals surface area contributed by atoms with E-state index in [-0.39, 0.29) is 29.3 Å². The zero-order valence-electron chi connectivity index (χ0n) is 10.4. The van der Waals surface area contributed by atoms with E-state index in [0.29, 0.717) is 9.92 Å². The minimum Gasteiger partial charge on any atom is -0.298 e. The Morgan fingerprint density at radius 1 is 1.15 bits per heavy atom. The van der Waals surface area contributed by atoms with Crippen molar-refractivity contribution in [3.05, 3.63) is 64.7 Å². The van der Waals surface area contributed by atoms with Crippen molar-refractivity contribution >= 4 is 29.1 Å². The third-order valence-corrected chi connectivity index (χ3v) is 3.88. The molecule has 0 heterocycles. The second-order valence-corrected chi connectivity index (χ2v) is 5.68. The molecule has 0 aliphatic heterocycles. The lowest BCUT2D eigenvalue weighted by Gasteiger charge is -2.04. The monoisotopic (exact) mass is 312 g/mol. The summed E-state index contributed by atoms with van der Waals surface area (Å²) in [6.45, 7) is 0. The van der Waals surface area contributed by atoms with E-state index in [1.54, 1.807) is 12.1 Å². The van der Waals surface area contributed by atoms with E-state index in [4.69, 9.17) is 11.6 Å². The van der Waals surface area contributed by atoms with Gasteiger partial charge in [-0.1, -0.05) is 17.7 Å². The quantitative estimate of drug-likeness (QED) is 0.755. The van der Waals surface area contributed by atoms with E-state index >= 15 is 0 Å². The Hall–Kier alpha value is -1.39. The Bertz CT molecular complexity index is 631. The smallest absolute Gasteiger partial charge is 0.147 e. The van der Waals surface area contributed by atoms with Gasteiger partial charge in [0.15, 0.2) is 0 Å². The number of thioether (sulfide) groups is 1. The first-order valence-electron chi connectivity index (χ1n) is 5.88. The highest BCUT2D eigenvalue weighted by Gasteiger charge is 2.10. The molecule has 0 unspecified atom stereocenters. The fourth-order valence-corrected chi connectivity index (χ4v) is 2.66. The first-order valence-corrected chi connectivity index (χ1v) is 7.25. The van der Waals surface area contributed by atoms with Crippen molar-refractivity contribution in [2.75, 3.05) is 5.75 Å². The first-order chi connectivity index (χ1) is 9.54. The largest absolute Gasteiger partial charge is 0.298 e. The highest BCUT2D eigenvalue weighted by molar-refractivity contribution is 8.00. The number of Topliss-reactive ketones (excluding diaryl/α,β-unsaturated/α-hetero) is 1. The van der Waals surface area contributed by atoms with E-state index in [9.17, 15) is 13.6 Å². The van der Waals surface area contributed by atoms with E-state index in [0.717, 1.165) is 0 Å². The van der Waals surface area contributed by atoms with Gasteiger partial charge in [-0.25, -0.2) is 8.78 Å². The maximum absolute atomic E-state index is 13.5. The van der Waals surface area contributed by atoms with Crippen molar-refractivity contribution in [2.45, 2.75) is 11.3 Å². The number of ketones is 1. The van der Waals surface area contributed by atoms with Gasteiger partial charge in [0, 0.05) is 16.3 Å². The van der Waals surface area contributed by atoms with Crippen LogP contribution in [0.5, 0.6) is 0 Å². The van der Waals surface area contributed by atoms with Gasteiger partial charge in [-0.3, -0.25) is 4.79 Å². The summed E-state index contributed by atoms with van der Waals surface area (Å²) in [6, 6.07) is 10.1. The van der Waals surface area contributed by atoms with E-state index in [1.807, 2.05) is 0 Å². The molecular formula is C15H11ClF2OS. The molecule has 2 aromatic carbocycles. The normalized spacial score (nSPS) is 10.6. The van der Waals surface area contributed by atoms with Crippen molar-refractivity contribution in [1.29, 1.82) is 0 Å². The highest BCUT2D eigenvalue weighted by Crippen LogP contribution is 2.20. The molecule has 0 radical (unpaired) electrons. The van der Waals surface area contributed by atoms with Crippen molar-refractivity contribution in [2.24, 2.45) is 0 Å². The Morgan fingerprint density at radius 3 is 2.70 bits per heavy atom. The molecule has 0 bridgehead atoms. The molecule has 5 heteroatoms. The number of hydrogen-bond donors (Lipinski definition) is 0. The Morgan fingerprint density at radius 2 is 1.95 bits per heavy atom. The van der Waals surface area contributed by atoms with Crippen LogP contribution in [-0.2, 0) is 11.2 Å². The molecule has 0 saturated heterocycles. The minimum absolute atomic E-state index is 0.0191. The molecule has 0 aromatic heterocycles. The predicted octanol–water partition coefficient (Wildman–Crippen LogP) is 4.52. The Balaban J connectivity index is 1.94. The van der Waals surface area contributed by atoms with E-state index in [1.165, 1.54) is 42.1 Å². The number of benzene rings is 2. The van der Waals surface area contributed by atoms with Crippen LogP contribution in [0.2, 0.25) is 5.02 Å². The zero-order valence-corrected chi connectivity index (χ0v) is 12.0. The summed E-state index contributed by atoms with van der Waals surface area (Å²) in [6.07, 6.45) is -0.0191. The average Bonchev–Trinajstić information content (AvgIpc) is 2.41. The number of carbonyl (C=O) groups is 1. The van der Waals surface area contributed by atoms with Gasteiger partial charge in [-0.15, -0.1) is 11.8 Å². The van der Waals surface area contributed by atoms with Crippen LogP contribution < -0.4 is 0 Å². The number of hydrogen-bond acceptors (Lipinski definition) is 2. The lowest BCUT2D eigenvalue weighted by molar-refractivity contribution is -0.116. The van der Waals surface area contributed by atoms with Crippen LogP contribution in [-0.4, -0.2) is 11.5 Å². The van der Waals surface area contributed by atoms with E-state index in [2.05, 4.69) is 0 Å². The molecule has 0 aliphatic rings. The number of rotatable bonds is 5. The van der Waals surface area contributed by atoms with Crippen LogP contribution in [0.25, 0.3) is 0 Å². The van der Waals surface area contributed by atoms with Gasteiger partial charge >= 0.3 is 0 Å². The Labute approximate surface area is 125 Å². The molecule has 0 aliphatic carbocycles. The molecule has 20 heavy (non-hydrogen) atoms. The fourth-order valence-electron chi connectivity index (χ4n) is 1.66. The van der Waals surface area contributed by atoms with Gasteiger partial charge in [0.05, 0.1) is 5.75 Å². The van der Waals surface area contributed by atoms with Gasteiger partial charge in [0.1, 0.15) is 17.4 Å². The van der Waals surface area contributed by atoms with Crippen molar-refractivity contribution in [3.8, 4) is 0 Å². The van der Waals surface area contributed by atoms with Crippen LogP contribution in [0.15, 0.2) is 47.4 Å². The highest BCUT2D eigenvalue weighted by atomic mass is 35.5. The molecule has 2 rings (SSSR count). The number of carbonyl (C=O) groups excluding carboxylic acids is 1. The summed E-state index contributed by atoms with van der Waals surface area (Å²) in [5, 5.41) is 0.395. The van der Waals surface area contributed by atoms with Gasteiger partial charge < -0.3 is 0 Å². The van der Waals surface area contributed by atoms with Gasteiger partial charge in [0.25, 0.3) is 0 Å². The molecule has 0 saturated carbocycles. The summed E-state index contributed by atoms with van der Waals surface area (Å²) < 4.78 is 26.5. The SMILES string of the molecule is O=C(CSc1cccc(F)c1)Cc1cc(Cl)ccc1F. The lowest BCUT2D eigenvalue weighted by atomic mass is 10.1. The van der Waals surface area contributed by atoms with Gasteiger partial charge in [0.2, 0.25) is 0 Å². The van der Waals surface area contributed by atoms with Crippen LogP contribution in [0.4, 0.5) is 8.78 Å². The van der Waals surface area contributed by atoms with Gasteiger partial charge in [-0.05, 0) is 42.0 Å². The second-order valence-electron chi connectivity index (χ2n) is 4.20. The number of halogens is 3. The lowest BCUT2D eigenvalue weighted by Crippen LogP contribution is -2.07. The molecule has 104 valence electrons. The molecule has 0 amide bonds. The maximum Gasteiger partial charge on any atom is 0.147 e. The molecule has 0 atom stereocenters. The fraction of sp³-hybridized carbons (Fsp3) is 0.133. The summed E-state index contributed by atoms with van der Waals surface area (Å²) in [4.78, 5) is 12.5. The molecule has 0 N–H and O–H groups in total. The zero-order chi connectivity index (χ0) is 14.5. The Kier molecular flexibility index (Phi) is 5.15. The standard InChI is InChI=1S/C15H11ClF2OS/c16-11-4-5-15(18)10(6-11)7-13(19)9-20-14-3-1-2-12(17)8-14/h1-6,8H,7,9H2. The first kappa shape index (κ1) is 15.0. The van der Waals surface area contributed by atoms with Crippen LogP contribution >= 0.6 is 23.4 Å². The molecule has 1 nitrogen and oxygen atoms in total. The summed E-state index contributed by atoms with van der Waals surface area (Å²) in [5.74, 6) is -0.766. The van der Waals surface area contributed by atoms with E-state index < -0.39 is 5.82 Å². The summed E-state index contributed by atoms with van der Waals surface area (Å²) in [7, 11) is 0. The van der Waals surface area contributed by atoms with Crippen LogP contribution in [0.3, 0.4) is 0 Å².